The molecule has 0 spiro atoms. The second-order valence-corrected chi connectivity index (χ2v) is 7.34. The van der Waals surface area contributed by atoms with Gasteiger partial charge in [-0.05, 0) is 44.1 Å². The third-order valence-corrected chi connectivity index (χ3v) is 5.34. The monoisotopic (exact) mass is 361 g/mol. The number of aliphatic hydroxyl groups is 2. The van der Waals surface area contributed by atoms with Crippen molar-refractivity contribution in [3.63, 3.8) is 0 Å². The van der Waals surface area contributed by atoms with Crippen molar-refractivity contribution in [1.29, 1.82) is 0 Å². The number of carbonyl (C=O) groups excluding carboxylic acids is 2. The zero-order valence-electron chi connectivity index (χ0n) is 15.0. The van der Waals surface area contributed by atoms with Gasteiger partial charge in [-0.15, -0.1) is 0 Å². The lowest BCUT2D eigenvalue weighted by Gasteiger charge is -2.40. The maximum atomic E-state index is 11.9. The SMILES string of the molecule is NC(=O)C(CC(O)[CH]Cc1ccccc1)CC1(O)CCCCC1C(N)=O. The molecule has 4 atom stereocenters. The maximum absolute atomic E-state index is 11.9. The number of rotatable bonds is 9. The number of benzene rings is 1. The largest absolute Gasteiger partial charge is 0.393 e. The van der Waals surface area contributed by atoms with Gasteiger partial charge in [0.1, 0.15) is 0 Å². The van der Waals surface area contributed by atoms with Crippen molar-refractivity contribution in [3.05, 3.63) is 42.3 Å². The van der Waals surface area contributed by atoms with E-state index in [1.165, 1.54) is 0 Å². The second-order valence-electron chi connectivity index (χ2n) is 7.34. The Bertz CT molecular complexity index is 607. The summed E-state index contributed by atoms with van der Waals surface area (Å²) in [7, 11) is 0. The van der Waals surface area contributed by atoms with Gasteiger partial charge in [-0.1, -0.05) is 43.2 Å². The number of amides is 2. The van der Waals surface area contributed by atoms with E-state index >= 15 is 0 Å². The van der Waals surface area contributed by atoms with Crippen LogP contribution in [0.4, 0.5) is 0 Å². The Morgan fingerprint density at radius 2 is 1.92 bits per heavy atom. The van der Waals surface area contributed by atoms with Gasteiger partial charge in [0, 0.05) is 5.92 Å². The van der Waals surface area contributed by atoms with Crippen LogP contribution in [-0.2, 0) is 16.0 Å². The summed E-state index contributed by atoms with van der Waals surface area (Å²) in [4.78, 5) is 23.6. The molecule has 1 aliphatic carbocycles. The van der Waals surface area contributed by atoms with E-state index < -0.39 is 35.4 Å². The summed E-state index contributed by atoms with van der Waals surface area (Å²) in [5, 5.41) is 21.2. The molecular formula is C20H29N2O4. The van der Waals surface area contributed by atoms with Gasteiger partial charge < -0.3 is 21.7 Å². The van der Waals surface area contributed by atoms with Crippen LogP contribution in [-0.4, -0.2) is 33.7 Å². The number of carbonyl (C=O) groups is 2. The van der Waals surface area contributed by atoms with Crippen LogP contribution in [0.1, 0.15) is 44.1 Å². The molecule has 2 rings (SSSR count). The van der Waals surface area contributed by atoms with Crippen molar-refractivity contribution in [2.45, 2.75) is 56.7 Å². The van der Waals surface area contributed by atoms with Gasteiger partial charge in [0.15, 0.2) is 0 Å². The Morgan fingerprint density at radius 3 is 2.54 bits per heavy atom. The smallest absolute Gasteiger partial charge is 0.223 e. The molecule has 0 aromatic heterocycles. The Morgan fingerprint density at radius 1 is 1.23 bits per heavy atom. The summed E-state index contributed by atoms with van der Waals surface area (Å²) in [6, 6.07) is 9.67. The molecule has 4 unspecified atom stereocenters. The van der Waals surface area contributed by atoms with Crippen LogP contribution in [0, 0.1) is 18.3 Å². The molecule has 143 valence electrons. The van der Waals surface area contributed by atoms with Crippen LogP contribution in [0.25, 0.3) is 0 Å². The number of primary amides is 2. The van der Waals surface area contributed by atoms with E-state index in [4.69, 9.17) is 11.5 Å². The summed E-state index contributed by atoms with van der Waals surface area (Å²) in [6.07, 6.45) is 4.16. The molecule has 6 heteroatoms. The predicted octanol–water partition coefficient (Wildman–Crippen LogP) is 1.08. The molecule has 2 amide bonds. The molecule has 1 radical (unpaired) electrons. The molecule has 1 aromatic rings. The number of nitrogens with two attached hydrogens (primary N) is 2. The van der Waals surface area contributed by atoms with E-state index in [-0.39, 0.29) is 12.8 Å². The number of hydrogen-bond acceptors (Lipinski definition) is 4. The van der Waals surface area contributed by atoms with Crippen molar-refractivity contribution in [2.75, 3.05) is 0 Å². The molecule has 0 aliphatic heterocycles. The third kappa shape index (κ3) is 5.54. The van der Waals surface area contributed by atoms with Gasteiger partial charge in [-0.3, -0.25) is 9.59 Å². The van der Waals surface area contributed by atoms with Crippen molar-refractivity contribution in [3.8, 4) is 0 Å². The van der Waals surface area contributed by atoms with Crippen LogP contribution in [0.15, 0.2) is 30.3 Å². The Balaban J connectivity index is 1.97. The molecule has 1 fully saturated rings. The lowest BCUT2D eigenvalue weighted by molar-refractivity contribution is -0.141. The first-order chi connectivity index (χ1) is 12.3. The van der Waals surface area contributed by atoms with Crippen LogP contribution in [0.2, 0.25) is 0 Å². The topological polar surface area (TPSA) is 127 Å². The van der Waals surface area contributed by atoms with Gasteiger partial charge >= 0.3 is 0 Å². The van der Waals surface area contributed by atoms with E-state index in [0.717, 1.165) is 18.4 Å². The van der Waals surface area contributed by atoms with Crippen LogP contribution in [0.5, 0.6) is 0 Å². The average molecular weight is 361 g/mol. The van der Waals surface area contributed by atoms with Crippen LogP contribution >= 0.6 is 0 Å². The lowest BCUT2D eigenvalue weighted by atomic mass is 9.70. The quantitative estimate of drug-likeness (QED) is 0.525. The summed E-state index contributed by atoms with van der Waals surface area (Å²) in [5.41, 5.74) is 10.7. The Hall–Kier alpha value is -1.92. The molecule has 26 heavy (non-hydrogen) atoms. The number of aliphatic hydroxyl groups excluding tert-OH is 1. The third-order valence-electron chi connectivity index (χ3n) is 5.34. The molecule has 0 bridgehead atoms. The molecular weight excluding hydrogens is 332 g/mol. The fraction of sp³-hybridized carbons (Fsp3) is 0.550. The van der Waals surface area contributed by atoms with Crippen molar-refractivity contribution in [2.24, 2.45) is 23.3 Å². The van der Waals surface area contributed by atoms with Gasteiger partial charge in [-0.25, -0.2) is 0 Å². The van der Waals surface area contributed by atoms with Crippen molar-refractivity contribution < 1.29 is 19.8 Å². The van der Waals surface area contributed by atoms with Gasteiger partial charge in [0.2, 0.25) is 11.8 Å². The summed E-state index contributed by atoms with van der Waals surface area (Å²) in [6.45, 7) is 0. The molecule has 6 nitrogen and oxygen atoms in total. The Labute approximate surface area is 154 Å². The minimum atomic E-state index is -1.33. The standard InChI is InChI=1S/C20H29N2O4/c21-18(24)15(12-16(23)10-9-14-6-2-1-3-7-14)13-20(26)11-5-4-8-17(20)19(22)25/h1-3,6-7,10,15-17,23,26H,4-5,8-9,11-13H2,(H2,21,24)(H2,22,25). The molecule has 6 N–H and O–H groups in total. The number of hydrogen-bond donors (Lipinski definition) is 4. The fourth-order valence-electron chi connectivity index (χ4n) is 3.87. The zero-order chi connectivity index (χ0) is 19.2. The minimum Gasteiger partial charge on any atom is -0.393 e. The highest BCUT2D eigenvalue weighted by atomic mass is 16.3. The summed E-state index contributed by atoms with van der Waals surface area (Å²) < 4.78 is 0. The van der Waals surface area contributed by atoms with E-state index in [0.29, 0.717) is 19.3 Å². The van der Waals surface area contributed by atoms with Crippen LogP contribution in [0.3, 0.4) is 0 Å². The van der Waals surface area contributed by atoms with Crippen molar-refractivity contribution in [1.82, 2.24) is 0 Å². The fourth-order valence-corrected chi connectivity index (χ4v) is 3.87. The van der Waals surface area contributed by atoms with E-state index in [9.17, 15) is 19.8 Å². The lowest BCUT2D eigenvalue weighted by Crippen LogP contribution is -2.50. The zero-order valence-corrected chi connectivity index (χ0v) is 15.0. The highest BCUT2D eigenvalue weighted by Gasteiger charge is 2.44. The Kier molecular flexibility index (Phi) is 7.17. The van der Waals surface area contributed by atoms with Gasteiger partial charge in [-0.2, -0.15) is 0 Å². The normalized spacial score (nSPS) is 25.4. The van der Waals surface area contributed by atoms with Crippen LogP contribution < -0.4 is 11.5 Å². The molecule has 1 saturated carbocycles. The highest BCUT2D eigenvalue weighted by molar-refractivity contribution is 5.79. The minimum absolute atomic E-state index is 0.0478. The summed E-state index contributed by atoms with van der Waals surface area (Å²) in [5.74, 6) is -2.53. The first-order valence-electron chi connectivity index (χ1n) is 9.18. The van der Waals surface area contributed by atoms with Crippen molar-refractivity contribution >= 4 is 11.8 Å². The first-order valence-corrected chi connectivity index (χ1v) is 9.18. The van der Waals surface area contributed by atoms with E-state index in [1.54, 1.807) is 6.42 Å². The maximum Gasteiger partial charge on any atom is 0.223 e. The summed E-state index contributed by atoms with van der Waals surface area (Å²) >= 11 is 0. The molecule has 0 heterocycles. The van der Waals surface area contributed by atoms with Gasteiger partial charge in [0.25, 0.3) is 0 Å². The second kappa shape index (κ2) is 9.14. The van der Waals surface area contributed by atoms with Gasteiger partial charge in [0.05, 0.1) is 17.6 Å². The molecule has 0 saturated heterocycles. The van der Waals surface area contributed by atoms with E-state index in [1.807, 2.05) is 30.3 Å². The molecule has 1 aliphatic rings. The first kappa shape index (κ1) is 20.4. The van der Waals surface area contributed by atoms with E-state index in [2.05, 4.69) is 0 Å². The average Bonchev–Trinajstić information content (AvgIpc) is 2.60. The molecule has 1 aromatic carbocycles. The highest BCUT2D eigenvalue weighted by Crippen LogP contribution is 2.39. The predicted molar refractivity (Wildman–Crippen MR) is 98.5 cm³/mol.